The summed E-state index contributed by atoms with van der Waals surface area (Å²) < 4.78 is 26.0. The molecule has 1 fully saturated rings. The summed E-state index contributed by atoms with van der Waals surface area (Å²) in [5.74, 6) is 0.728. The molecule has 2 aromatic rings. The van der Waals surface area contributed by atoms with Crippen molar-refractivity contribution < 1.29 is 13.4 Å². The van der Waals surface area contributed by atoms with E-state index in [0.717, 1.165) is 36.5 Å². The Morgan fingerprint density at radius 1 is 1.30 bits per heavy atom. The number of nitrogens with zero attached hydrogens (tertiary/aromatic N) is 2. The molecule has 0 amide bonds. The van der Waals surface area contributed by atoms with Gasteiger partial charge in [0.05, 0.1) is 22.1 Å². The van der Waals surface area contributed by atoms with Crippen molar-refractivity contribution in [2.75, 3.05) is 37.3 Å². The summed E-state index contributed by atoms with van der Waals surface area (Å²) in [6, 6.07) is 1.81. The normalized spacial score (nSPS) is 18.6. The van der Waals surface area contributed by atoms with E-state index in [1.807, 2.05) is 10.4 Å². The lowest BCUT2D eigenvalue weighted by atomic mass is 10.3. The van der Waals surface area contributed by atoms with Crippen molar-refractivity contribution in [2.45, 2.75) is 0 Å². The predicted octanol–water partition coefficient (Wildman–Crippen LogP) is 2.93. The third-order valence-corrected chi connectivity index (χ3v) is 5.24. The minimum absolute atomic E-state index is 0.587. The number of rotatable bonds is 2. The molecule has 2 aromatic heterocycles. The van der Waals surface area contributed by atoms with Gasteiger partial charge in [-0.15, -0.1) is 4.31 Å². The lowest BCUT2D eigenvalue weighted by Crippen LogP contribution is -2.48. The Hall–Kier alpha value is -0.540. The van der Waals surface area contributed by atoms with E-state index in [1.54, 1.807) is 12.5 Å². The second-order valence-electron chi connectivity index (χ2n) is 4.53. The number of hydrogen-bond donors (Lipinski definition) is 0. The number of anilines is 1. The molecule has 20 heavy (non-hydrogen) atoms. The Balaban J connectivity index is 1.88. The summed E-state index contributed by atoms with van der Waals surface area (Å²) in [5.41, 5.74) is 1.22. The molecule has 1 unspecified atom stereocenters. The van der Waals surface area contributed by atoms with Crippen LogP contribution in [0.5, 0.6) is 0 Å². The molecule has 0 N–H and O–H groups in total. The quantitative estimate of drug-likeness (QED) is 0.593. The first-order valence-corrected chi connectivity index (χ1v) is 8.82. The fourth-order valence-electron chi connectivity index (χ4n) is 2.22. The minimum Gasteiger partial charge on any atom is -0.598 e. The number of piperazine rings is 1. The molecular formula is C12H13BrN2O3S2. The molecule has 108 valence electrons. The van der Waals surface area contributed by atoms with Crippen molar-refractivity contribution in [3.63, 3.8) is 0 Å². The maximum Gasteiger partial charge on any atom is 0.197 e. The lowest BCUT2D eigenvalue weighted by Gasteiger charge is -2.33. The fourth-order valence-corrected chi connectivity index (χ4v) is 3.50. The maximum atomic E-state index is 11.4. The molecule has 8 heteroatoms. The van der Waals surface area contributed by atoms with E-state index in [0.29, 0.717) is 15.7 Å². The van der Waals surface area contributed by atoms with Crippen LogP contribution < -0.4 is 4.90 Å². The molecule has 5 nitrogen and oxygen atoms in total. The van der Waals surface area contributed by atoms with Gasteiger partial charge >= 0.3 is 0 Å². The molecule has 0 radical (unpaired) electrons. The van der Waals surface area contributed by atoms with Crippen LogP contribution in [0.3, 0.4) is 0 Å². The number of furan rings is 1. The van der Waals surface area contributed by atoms with Crippen molar-refractivity contribution in [1.82, 2.24) is 4.31 Å². The summed E-state index contributed by atoms with van der Waals surface area (Å²) in [6.45, 7) is 3.02. The number of hydrogen-bond acceptors (Lipinski definition) is 6. The van der Waals surface area contributed by atoms with E-state index >= 15 is 0 Å². The average Bonchev–Trinajstić information content (AvgIpc) is 2.81. The highest BCUT2D eigenvalue weighted by atomic mass is 79.9. The van der Waals surface area contributed by atoms with Crippen LogP contribution in [-0.2, 0) is 11.4 Å². The lowest BCUT2D eigenvalue weighted by molar-refractivity contribution is 0.377. The van der Waals surface area contributed by atoms with Crippen molar-refractivity contribution in [3.05, 3.63) is 21.3 Å². The Labute approximate surface area is 133 Å². The summed E-state index contributed by atoms with van der Waals surface area (Å²) in [5, 5.41) is 0. The third-order valence-electron chi connectivity index (χ3n) is 3.30. The Bertz CT molecular complexity index is 677. The van der Waals surface area contributed by atoms with Crippen molar-refractivity contribution in [3.8, 4) is 0 Å². The highest BCUT2D eigenvalue weighted by Gasteiger charge is 2.24. The molecule has 1 aliphatic rings. The standard InChI is InChI=1S/C12H13BrN2O3S2/c1-20(16)15-4-2-14(3-5-15)10-6-9(19)12-11(18-10)8(13)7-17-12/h6-7H,2-5H2,1H3. The first kappa shape index (κ1) is 14.4. The molecule has 1 atom stereocenters. The molecule has 0 spiro atoms. The molecule has 0 saturated carbocycles. The summed E-state index contributed by atoms with van der Waals surface area (Å²) in [6.07, 6.45) is 3.28. The van der Waals surface area contributed by atoms with E-state index < -0.39 is 11.4 Å². The SMILES string of the molecule is C[S+]([O-])N1CCN(c2cc(=S)c3occ(Br)c3o2)CC1. The Morgan fingerprint density at radius 3 is 2.65 bits per heavy atom. The van der Waals surface area contributed by atoms with Gasteiger partial charge < -0.3 is 18.3 Å². The van der Waals surface area contributed by atoms with Gasteiger partial charge in [0, 0.05) is 30.5 Å². The molecule has 0 bridgehead atoms. The Kier molecular flexibility index (Phi) is 4.09. The van der Waals surface area contributed by atoms with Gasteiger partial charge in [0.15, 0.2) is 17.1 Å². The summed E-state index contributed by atoms with van der Waals surface area (Å²) >= 11 is 7.80. The zero-order valence-corrected chi connectivity index (χ0v) is 14.0. The average molecular weight is 377 g/mol. The van der Waals surface area contributed by atoms with Crippen LogP contribution in [0.25, 0.3) is 11.2 Å². The smallest absolute Gasteiger partial charge is 0.197 e. The van der Waals surface area contributed by atoms with Gasteiger partial charge in [-0.2, -0.15) is 0 Å². The van der Waals surface area contributed by atoms with E-state index in [2.05, 4.69) is 20.8 Å². The third kappa shape index (κ3) is 2.62. The van der Waals surface area contributed by atoms with Gasteiger partial charge in [-0.1, -0.05) is 12.2 Å². The van der Waals surface area contributed by atoms with Gasteiger partial charge in [-0.3, -0.25) is 0 Å². The summed E-state index contributed by atoms with van der Waals surface area (Å²) in [7, 11) is 0. The first-order valence-electron chi connectivity index (χ1n) is 6.10. The van der Waals surface area contributed by atoms with E-state index in [9.17, 15) is 4.55 Å². The monoisotopic (exact) mass is 376 g/mol. The maximum absolute atomic E-state index is 11.4. The Morgan fingerprint density at radius 2 is 2.00 bits per heavy atom. The second kappa shape index (κ2) is 5.69. The van der Waals surface area contributed by atoms with Crippen molar-refractivity contribution in [2.24, 2.45) is 0 Å². The molecule has 1 aliphatic heterocycles. The molecular weight excluding hydrogens is 364 g/mol. The van der Waals surface area contributed by atoms with Crippen LogP contribution in [0.4, 0.5) is 5.88 Å². The van der Waals surface area contributed by atoms with Gasteiger partial charge in [0.25, 0.3) is 0 Å². The minimum atomic E-state index is -0.914. The van der Waals surface area contributed by atoms with E-state index in [4.69, 9.17) is 21.1 Å². The van der Waals surface area contributed by atoms with Crippen LogP contribution in [0.1, 0.15) is 0 Å². The zero-order valence-electron chi connectivity index (χ0n) is 10.8. The second-order valence-corrected chi connectivity index (χ2v) is 7.19. The van der Waals surface area contributed by atoms with Gasteiger partial charge in [0.2, 0.25) is 0 Å². The molecule has 3 rings (SSSR count). The van der Waals surface area contributed by atoms with Crippen LogP contribution in [0.15, 0.2) is 25.6 Å². The van der Waals surface area contributed by atoms with Crippen molar-refractivity contribution in [1.29, 1.82) is 0 Å². The molecule has 3 heterocycles. The van der Waals surface area contributed by atoms with E-state index in [1.165, 1.54) is 0 Å². The van der Waals surface area contributed by atoms with E-state index in [-0.39, 0.29) is 0 Å². The van der Waals surface area contributed by atoms with Crippen LogP contribution in [0, 0.1) is 4.51 Å². The van der Waals surface area contributed by atoms with Crippen LogP contribution >= 0.6 is 28.1 Å². The molecule has 1 saturated heterocycles. The van der Waals surface area contributed by atoms with Gasteiger partial charge in [0.1, 0.15) is 12.5 Å². The van der Waals surface area contributed by atoms with Crippen LogP contribution in [-0.4, -0.2) is 41.3 Å². The largest absolute Gasteiger partial charge is 0.598 e. The predicted molar refractivity (Wildman–Crippen MR) is 84.9 cm³/mol. The number of fused-ring (bicyclic) bond motifs is 1. The first-order chi connectivity index (χ1) is 9.56. The van der Waals surface area contributed by atoms with Crippen molar-refractivity contribution >= 4 is 56.6 Å². The highest BCUT2D eigenvalue weighted by Crippen LogP contribution is 2.31. The molecule has 0 aromatic carbocycles. The number of halogens is 1. The van der Waals surface area contributed by atoms with Gasteiger partial charge in [-0.05, 0) is 15.9 Å². The highest BCUT2D eigenvalue weighted by molar-refractivity contribution is 9.10. The topological polar surface area (TPSA) is 55.8 Å². The van der Waals surface area contributed by atoms with Gasteiger partial charge in [-0.25, -0.2) is 0 Å². The summed E-state index contributed by atoms with van der Waals surface area (Å²) in [4.78, 5) is 2.11. The fraction of sp³-hybridized carbons (Fsp3) is 0.417. The molecule has 0 aliphatic carbocycles. The zero-order chi connectivity index (χ0) is 14.3. The van der Waals surface area contributed by atoms with Crippen LogP contribution in [0.2, 0.25) is 0 Å².